The first-order chi connectivity index (χ1) is 13.0. The van der Waals surface area contributed by atoms with E-state index < -0.39 is 0 Å². The van der Waals surface area contributed by atoms with Gasteiger partial charge in [0, 0.05) is 10.4 Å². The molecule has 2 fully saturated rings. The maximum absolute atomic E-state index is 14.7. The fourth-order valence-corrected chi connectivity index (χ4v) is 6.18. The minimum Gasteiger partial charge on any atom is -0.206 e. The Labute approximate surface area is 166 Å². The van der Waals surface area contributed by atoms with Gasteiger partial charge in [-0.05, 0) is 92.4 Å². The lowest BCUT2D eigenvalue weighted by Gasteiger charge is -2.37. The number of benzene rings is 1. The molecule has 0 radical (unpaired) electrons. The van der Waals surface area contributed by atoms with E-state index >= 15 is 0 Å². The average molecular weight is 389 g/mol. The molecule has 146 valence electrons. The lowest BCUT2D eigenvalue weighted by molar-refractivity contribution is 0.165. The summed E-state index contributed by atoms with van der Waals surface area (Å²) in [5.74, 6) is 3.00. The van der Waals surface area contributed by atoms with Gasteiger partial charge in [-0.25, -0.2) is 4.39 Å². The lowest BCUT2D eigenvalue weighted by Crippen LogP contribution is -2.24. The van der Waals surface area contributed by atoms with Gasteiger partial charge < -0.3 is 0 Å². The predicted molar refractivity (Wildman–Crippen MR) is 110 cm³/mol. The highest BCUT2D eigenvalue weighted by Gasteiger charge is 2.30. The van der Waals surface area contributed by atoms with Crippen molar-refractivity contribution in [2.24, 2.45) is 17.8 Å². The molecule has 0 unspecified atom stereocenters. The third-order valence-corrected chi connectivity index (χ3v) is 8.15. The fraction of sp³-hybridized carbons (Fsp3) is 0.583. The van der Waals surface area contributed by atoms with Crippen LogP contribution in [0.1, 0.15) is 75.3 Å². The summed E-state index contributed by atoms with van der Waals surface area (Å²) in [6.07, 6.45) is 10.6. The van der Waals surface area contributed by atoms with Crippen LogP contribution in [0.25, 0.3) is 10.4 Å². The van der Waals surface area contributed by atoms with Crippen LogP contribution in [0.15, 0.2) is 24.3 Å². The van der Waals surface area contributed by atoms with Crippen molar-refractivity contribution in [2.45, 2.75) is 71.1 Å². The van der Waals surface area contributed by atoms with E-state index in [1.54, 1.807) is 19.1 Å². The van der Waals surface area contributed by atoms with Crippen molar-refractivity contribution in [3.05, 3.63) is 46.3 Å². The highest BCUT2D eigenvalue weighted by Crippen LogP contribution is 2.44. The Balaban J connectivity index is 1.40. The van der Waals surface area contributed by atoms with E-state index in [0.29, 0.717) is 21.9 Å². The first kappa shape index (κ1) is 19.1. The fourth-order valence-electron chi connectivity index (χ4n) is 5.26. The topological polar surface area (TPSA) is 0 Å². The molecule has 1 aromatic heterocycles. The molecule has 1 heterocycles. The first-order valence-electron chi connectivity index (χ1n) is 10.6. The maximum atomic E-state index is 14.7. The molecule has 0 spiro atoms. The number of aryl methyl sites for hydroxylation is 1. The third-order valence-electron chi connectivity index (χ3n) is 7.09. The summed E-state index contributed by atoms with van der Waals surface area (Å²) in [5.41, 5.74) is 2.25. The van der Waals surface area contributed by atoms with Crippen LogP contribution in [-0.2, 0) is 0 Å². The number of hydrogen-bond donors (Lipinski definition) is 0. The molecule has 3 heteroatoms. The second-order valence-corrected chi connectivity index (χ2v) is 9.94. The summed E-state index contributed by atoms with van der Waals surface area (Å²) < 4.78 is 28.4. The van der Waals surface area contributed by atoms with Crippen LogP contribution in [0.5, 0.6) is 0 Å². The van der Waals surface area contributed by atoms with E-state index in [4.69, 9.17) is 0 Å². The summed E-state index contributed by atoms with van der Waals surface area (Å²) in [7, 11) is 0. The van der Waals surface area contributed by atoms with Gasteiger partial charge >= 0.3 is 0 Å². The summed E-state index contributed by atoms with van der Waals surface area (Å²) in [6.45, 7) is 4.12. The molecule has 0 aliphatic heterocycles. The van der Waals surface area contributed by atoms with Crippen molar-refractivity contribution in [2.75, 3.05) is 0 Å². The summed E-state index contributed by atoms with van der Waals surface area (Å²) in [6, 6.07) is 7.37. The van der Waals surface area contributed by atoms with Crippen LogP contribution in [0.4, 0.5) is 8.78 Å². The molecule has 0 atom stereocenters. The first-order valence-corrected chi connectivity index (χ1v) is 11.4. The smallest absolute Gasteiger partial charge is 0.179 e. The van der Waals surface area contributed by atoms with Gasteiger partial charge in [-0.15, -0.1) is 11.3 Å². The van der Waals surface area contributed by atoms with Crippen LogP contribution in [0.2, 0.25) is 0 Å². The standard InChI is InChI=1S/C24H30F2S/c1-15-3-5-17(6-4-15)18-7-9-19(10-8-18)20-11-12-21(22(25)14-20)23-13-16(2)24(26)27-23/h11-15,17-19H,3-10H2,1-2H3. The van der Waals surface area contributed by atoms with Crippen LogP contribution in [0.3, 0.4) is 0 Å². The van der Waals surface area contributed by atoms with E-state index in [2.05, 4.69) is 13.0 Å². The van der Waals surface area contributed by atoms with Gasteiger partial charge in [0.25, 0.3) is 0 Å². The van der Waals surface area contributed by atoms with Gasteiger partial charge in [-0.2, -0.15) is 4.39 Å². The van der Waals surface area contributed by atoms with Crippen molar-refractivity contribution in [1.82, 2.24) is 0 Å². The van der Waals surface area contributed by atoms with Crippen LogP contribution >= 0.6 is 11.3 Å². The van der Waals surface area contributed by atoms with Crippen molar-refractivity contribution in [3.63, 3.8) is 0 Å². The molecule has 2 aliphatic rings. The van der Waals surface area contributed by atoms with Crippen molar-refractivity contribution in [1.29, 1.82) is 0 Å². The molecule has 2 aliphatic carbocycles. The minimum absolute atomic E-state index is 0.211. The molecule has 1 aromatic carbocycles. The Hall–Kier alpha value is -1.22. The molecule has 0 saturated heterocycles. The summed E-state index contributed by atoms with van der Waals surface area (Å²) >= 11 is 1.03. The van der Waals surface area contributed by atoms with Gasteiger partial charge in [0.15, 0.2) is 5.13 Å². The second kappa shape index (κ2) is 8.03. The molecule has 0 nitrogen and oxygen atoms in total. The van der Waals surface area contributed by atoms with Crippen LogP contribution in [0, 0.1) is 35.6 Å². The van der Waals surface area contributed by atoms with E-state index in [1.807, 2.05) is 6.07 Å². The van der Waals surface area contributed by atoms with Crippen molar-refractivity contribution < 1.29 is 8.78 Å². The van der Waals surface area contributed by atoms with Gasteiger partial charge in [0.2, 0.25) is 0 Å². The molecule has 27 heavy (non-hydrogen) atoms. The van der Waals surface area contributed by atoms with Crippen molar-refractivity contribution >= 4 is 11.3 Å². The quantitative estimate of drug-likeness (QED) is 0.498. The highest BCUT2D eigenvalue weighted by atomic mass is 32.1. The van der Waals surface area contributed by atoms with E-state index in [-0.39, 0.29) is 10.9 Å². The summed E-state index contributed by atoms with van der Waals surface area (Å²) in [5, 5.41) is -0.219. The molecule has 0 amide bonds. The molecule has 0 bridgehead atoms. The predicted octanol–water partition coefficient (Wildman–Crippen LogP) is 8.10. The minimum atomic E-state index is -0.219. The monoisotopic (exact) mass is 388 g/mol. The molecule has 4 rings (SSSR count). The molecular formula is C24H30F2S. The summed E-state index contributed by atoms with van der Waals surface area (Å²) in [4.78, 5) is 0.685. The SMILES string of the molecule is Cc1cc(-c2ccc(C3CCC(C4CCC(C)CC4)CC3)cc2F)sc1F. The largest absolute Gasteiger partial charge is 0.206 e. The number of thiophene rings is 1. The number of hydrogen-bond acceptors (Lipinski definition) is 1. The molecule has 2 aromatic rings. The highest BCUT2D eigenvalue weighted by molar-refractivity contribution is 7.14. The third kappa shape index (κ3) is 4.13. The normalized spacial score (nSPS) is 29.0. The average Bonchev–Trinajstić information content (AvgIpc) is 3.01. The lowest BCUT2D eigenvalue weighted by atomic mass is 9.68. The molecule has 0 N–H and O–H groups in total. The number of halogens is 2. The van der Waals surface area contributed by atoms with E-state index in [0.717, 1.165) is 34.7 Å². The van der Waals surface area contributed by atoms with Crippen molar-refractivity contribution in [3.8, 4) is 10.4 Å². The van der Waals surface area contributed by atoms with Gasteiger partial charge in [0.1, 0.15) is 5.82 Å². The zero-order valence-electron chi connectivity index (χ0n) is 16.4. The van der Waals surface area contributed by atoms with E-state index in [1.165, 1.54) is 51.4 Å². The Morgan fingerprint density at radius 3 is 2.04 bits per heavy atom. The number of rotatable bonds is 3. The molecule has 2 saturated carbocycles. The van der Waals surface area contributed by atoms with Gasteiger partial charge in [0.05, 0.1) is 0 Å². The van der Waals surface area contributed by atoms with Crippen LogP contribution < -0.4 is 0 Å². The zero-order valence-corrected chi connectivity index (χ0v) is 17.3. The molecular weight excluding hydrogens is 358 g/mol. The maximum Gasteiger partial charge on any atom is 0.179 e. The van der Waals surface area contributed by atoms with E-state index in [9.17, 15) is 8.78 Å². The van der Waals surface area contributed by atoms with Crippen LogP contribution in [-0.4, -0.2) is 0 Å². The Morgan fingerprint density at radius 1 is 0.852 bits per heavy atom. The Kier molecular flexibility index (Phi) is 5.68. The Bertz CT molecular complexity index is 758. The second-order valence-electron chi connectivity index (χ2n) is 8.94. The zero-order chi connectivity index (χ0) is 19.0. The van der Waals surface area contributed by atoms with Gasteiger partial charge in [-0.3, -0.25) is 0 Å². The van der Waals surface area contributed by atoms with Gasteiger partial charge in [-0.1, -0.05) is 31.9 Å². The Morgan fingerprint density at radius 2 is 1.48 bits per heavy atom.